The summed E-state index contributed by atoms with van der Waals surface area (Å²) in [6.07, 6.45) is 1.09. The Morgan fingerprint density at radius 2 is 1.95 bits per heavy atom. The molecule has 1 aromatic rings. The molecule has 0 radical (unpaired) electrons. The quantitative estimate of drug-likeness (QED) is 0.849. The molecule has 1 aromatic carbocycles. The number of aliphatic hydroxyl groups excluding tert-OH is 1. The molecular formula is C15H23NO3. The molecule has 0 aromatic heterocycles. The molecule has 1 aliphatic heterocycles. The highest BCUT2D eigenvalue weighted by Gasteiger charge is 2.39. The lowest BCUT2D eigenvalue weighted by Crippen LogP contribution is -2.41. The third kappa shape index (κ3) is 3.15. The third-order valence-corrected chi connectivity index (χ3v) is 4.08. The molecule has 0 spiro atoms. The second-order valence-corrected chi connectivity index (χ2v) is 5.26. The van der Waals surface area contributed by atoms with E-state index in [9.17, 15) is 5.11 Å². The van der Waals surface area contributed by atoms with Crippen LogP contribution < -0.4 is 5.73 Å². The van der Waals surface area contributed by atoms with Crippen LogP contribution in [0.3, 0.4) is 0 Å². The third-order valence-electron chi connectivity index (χ3n) is 4.08. The smallest absolute Gasteiger partial charge is 0.0860 e. The Balaban J connectivity index is 2.14. The first-order valence-electron chi connectivity index (χ1n) is 6.75. The van der Waals surface area contributed by atoms with Crippen LogP contribution in [0.2, 0.25) is 0 Å². The highest BCUT2D eigenvalue weighted by molar-refractivity contribution is 5.25. The minimum absolute atomic E-state index is 0.249. The van der Waals surface area contributed by atoms with Crippen LogP contribution in [0.1, 0.15) is 30.1 Å². The Labute approximate surface area is 114 Å². The molecule has 4 heteroatoms. The maximum Gasteiger partial charge on any atom is 0.0860 e. The largest absolute Gasteiger partial charge is 0.388 e. The van der Waals surface area contributed by atoms with Crippen LogP contribution in [0.5, 0.6) is 0 Å². The summed E-state index contributed by atoms with van der Waals surface area (Å²) in [4.78, 5) is 0. The fraction of sp³-hybridized carbons (Fsp3) is 0.600. The lowest BCUT2D eigenvalue weighted by molar-refractivity contribution is -0.0581. The molecule has 1 heterocycles. The lowest BCUT2D eigenvalue weighted by atomic mass is 9.73. The standard InChI is InChI=1S/C15H23NO3/c1-18-10-12-2-4-13(5-3-12)14(17)15(11-16)6-8-19-9-7-15/h2-5,14,17H,6-11,16H2,1H3. The van der Waals surface area contributed by atoms with E-state index in [4.69, 9.17) is 15.2 Å². The van der Waals surface area contributed by atoms with Gasteiger partial charge >= 0.3 is 0 Å². The molecule has 0 aliphatic carbocycles. The lowest BCUT2D eigenvalue weighted by Gasteiger charge is -2.40. The number of aliphatic hydroxyl groups is 1. The normalized spacial score (nSPS) is 20.2. The fourth-order valence-corrected chi connectivity index (χ4v) is 2.68. The van der Waals surface area contributed by atoms with E-state index in [-0.39, 0.29) is 5.41 Å². The van der Waals surface area contributed by atoms with E-state index in [2.05, 4.69) is 0 Å². The van der Waals surface area contributed by atoms with E-state index in [1.165, 1.54) is 0 Å². The second kappa shape index (κ2) is 6.48. The molecular weight excluding hydrogens is 242 g/mol. The molecule has 1 unspecified atom stereocenters. The summed E-state index contributed by atoms with van der Waals surface area (Å²) >= 11 is 0. The highest BCUT2D eigenvalue weighted by atomic mass is 16.5. The summed E-state index contributed by atoms with van der Waals surface area (Å²) in [6.45, 7) is 2.43. The average Bonchev–Trinajstić information content (AvgIpc) is 2.48. The first-order valence-corrected chi connectivity index (χ1v) is 6.75. The van der Waals surface area contributed by atoms with Crippen molar-refractivity contribution in [1.29, 1.82) is 0 Å². The van der Waals surface area contributed by atoms with Crippen molar-refractivity contribution in [2.24, 2.45) is 11.1 Å². The summed E-state index contributed by atoms with van der Waals surface area (Å²) in [5.41, 5.74) is 7.70. The van der Waals surface area contributed by atoms with Crippen LogP contribution in [0.15, 0.2) is 24.3 Å². The maximum atomic E-state index is 10.6. The monoisotopic (exact) mass is 265 g/mol. The van der Waals surface area contributed by atoms with Gasteiger partial charge in [-0.05, 0) is 24.0 Å². The molecule has 1 atom stereocenters. The maximum absolute atomic E-state index is 10.6. The molecule has 3 N–H and O–H groups in total. The molecule has 1 saturated heterocycles. The first-order chi connectivity index (χ1) is 9.22. The van der Waals surface area contributed by atoms with Gasteiger partial charge < -0.3 is 20.3 Å². The van der Waals surface area contributed by atoms with Crippen LogP contribution in [0.4, 0.5) is 0 Å². The van der Waals surface area contributed by atoms with Gasteiger partial charge in [-0.15, -0.1) is 0 Å². The topological polar surface area (TPSA) is 64.7 Å². The molecule has 19 heavy (non-hydrogen) atoms. The molecule has 1 fully saturated rings. The summed E-state index contributed by atoms with van der Waals surface area (Å²) < 4.78 is 10.5. The zero-order valence-electron chi connectivity index (χ0n) is 11.5. The summed E-state index contributed by atoms with van der Waals surface area (Å²) in [5.74, 6) is 0. The highest BCUT2D eigenvalue weighted by Crippen LogP contribution is 2.41. The zero-order chi connectivity index (χ0) is 13.7. The van der Waals surface area contributed by atoms with Crippen molar-refractivity contribution in [3.8, 4) is 0 Å². The van der Waals surface area contributed by atoms with Crippen LogP contribution >= 0.6 is 0 Å². The Morgan fingerprint density at radius 3 is 2.47 bits per heavy atom. The molecule has 106 valence electrons. The number of hydrogen-bond acceptors (Lipinski definition) is 4. The molecule has 2 rings (SSSR count). The Morgan fingerprint density at radius 1 is 1.32 bits per heavy atom. The van der Waals surface area contributed by atoms with Gasteiger partial charge in [-0.3, -0.25) is 0 Å². The van der Waals surface area contributed by atoms with Crippen molar-refractivity contribution < 1.29 is 14.6 Å². The van der Waals surface area contributed by atoms with Gasteiger partial charge in [0.15, 0.2) is 0 Å². The minimum Gasteiger partial charge on any atom is -0.388 e. The molecule has 1 aliphatic rings. The average molecular weight is 265 g/mol. The summed E-state index contributed by atoms with van der Waals surface area (Å²) in [7, 11) is 1.67. The van der Waals surface area contributed by atoms with Crippen molar-refractivity contribution in [2.75, 3.05) is 26.9 Å². The van der Waals surface area contributed by atoms with Crippen LogP contribution in [-0.2, 0) is 16.1 Å². The number of nitrogens with two attached hydrogens (primary N) is 1. The van der Waals surface area contributed by atoms with E-state index < -0.39 is 6.10 Å². The minimum atomic E-state index is -0.530. The predicted molar refractivity (Wildman–Crippen MR) is 73.7 cm³/mol. The van der Waals surface area contributed by atoms with Crippen molar-refractivity contribution >= 4 is 0 Å². The summed E-state index contributed by atoms with van der Waals surface area (Å²) in [6, 6.07) is 7.91. The van der Waals surface area contributed by atoms with E-state index in [1.807, 2.05) is 24.3 Å². The molecule has 4 nitrogen and oxygen atoms in total. The van der Waals surface area contributed by atoms with Gasteiger partial charge in [0.05, 0.1) is 12.7 Å². The van der Waals surface area contributed by atoms with Gasteiger partial charge in [-0.2, -0.15) is 0 Å². The van der Waals surface area contributed by atoms with Gasteiger partial charge in [-0.1, -0.05) is 24.3 Å². The molecule has 0 amide bonds. The van der Waals surface area contributed by atoms with Gasteiger partial charge in [0.2, 0.25) is 0 Å². The second-order valence-electron chi connectivity index (χ2n) is 5.26. The zero-order valence-corrected chi connectivity index (χ0v) is 11.5. The van der Waals surface area contributed by atoms with Gasteiger partial charge in [-0.25, -0.2) is 0 Å². The number of ether oxygens (including phenoxy) is 2. The Bertz CT molecular complexity index is 385. The van der Waals surface area contributed by atoms with Gasteiger partial charge in [0.25, 0.3) is 0 Å². The number of methoxy groups -OCH3 is 1. The Kier molecular flexibility index (Phi) is 4.93. The fourth-order valence-electron chi connectivity index (χ4n) is 2.68. The van der Waals surface area contributed by atoms with Crippen molar-refractivity contribution in [1.82, 2.24) is 0 Å². The number of rotatable bonds is 5. The number of benzene rings is 1. The SMILES string of the molecule is COCc1ccc(C(O)C2(CN)CCOCC2)cc1. The summed E-state index contributed by atoms with van der Waals surface area (Å²) in [5, 5.41) is 10.6. The van der Waals surface area contributed by atoms with E-state index in [1.54, 1.807) is 7.11 Å². The molecule has 0 bridgehead atoms. The van der Waals surface area contributed by atoms with Gasteiger partial charge in [0.1, 0.15) is 0 Å². The van der Waals surface area contributed by atoms with E-state index >= 15 is 0 Å². The van der Waals surface area contributed by atoms with Crippen LogP contribution in [0, 0.1) is 5.41 Å². The first kappa shape index (κ1) is 14.5. The van der Waals surface area contributed by atoms with Crippen molar-refractivity contribution in [2.45, 2.75) is 25.6 Å². The predicted octanol–water partition coefficient (Wildman–Crippen LogP) is 1.62. The van der Waals surface area contributed by atoms with Crippen molar-refractivity contribution in [3.05, 3.63) is 35.4 Å². The van der Waals surface area contributed by atoms with Crippen LogP contribution in [-0.4, -0.2) is 32.0 Å². The number of hydrogen-bond donors (Lipinski definition) is 2. The van der Waals surface area contributed by atoms with Gasteiger partial charge in [0, 0.05) is 32.3 Å². The molecule has 0 saturated carbocycles. The Hall–Kier alpha value is -0.940. The van der Waals surface area contributed by atoms with E-state index in [0.29, 0.717) is 26.4 Å². The van der Waals surface area contributed by atoms with E-state index in [0.717, 1.165) is 24.0 Å². The van der Waals surface area contributed by atoms with Crippen molar-refractivity contribution in [3.63, 3.8) is 0 Å². The van der Waals surface area contributed by atoms with Crippen LogP contribution in [0.25, 0.3) is 0 Å².